The predicted octanol–water partition coefficient (Wildman–Crippen LogP) is 4.43. The molecule has 0 saturated carbocycles. The number of piperidine rings is 1. The lowest BCUT2D eigenvalue weighted by molar-refractivity contribution is 0.0608. The zero-order valence-corrected chi connectivity index (χ0v) is 18.8. The maximum absolute atomic E-state index is 15.1. The van der Waals surface area contributed by atoms with Gasteiger partial charge in [-0.2, -0.15) is 0 Å². The molecule has 174 valence electrons. The molecule has 1 fully saturated rings. The number of likely N-dealkylation sites (tertiary alicyclic amines) is 1. The van der Waals surface area contributed by atoms with Gasteiger partial charge in [0, 0.05) is 36.5 Å². The van der Waals surface area contributed by atoms with Gasteiger partial charge in [-0.1, -0.05) is 12.1 Å². The maximum atomic E-state index is 15.1. The van der Waals surface area contributed by atoms with Gasteiger partial charge in [-0.3, -0.25) is 14.2 Å². The minimum absolute atomic E-state index is 0.0610. The molecule has 0 bridgehead atoms. The first-order valence-electron chi connectivity index (χ1n) is 11.3. The van der Waals surface area contributed by atoms with Crippen molar-refractivity contribution >= 4 is 39.4 Å². The Balaban J connectivity index is 1.59. The smallest absolute Gasteiger partial charge is 0.257 e. The number of fused-ring (bicyclic) bond motifs is 2. The molecule has 2 aromatic carbocycles. The van der Waals surface area contributed by atoms with Gasteiger partial charge in [0.25, 0.3) is 5.91 Å². The van der Waals surface area contributed by atoms with Crippen molar-refractivity contribution in [1.82, 2.24) is 14.5 Å². The van der Waals surface area contributed by atoms with Crippen molar-refractivity contribution in [2.75, 3.05) is 12.3 Å². The lowest BCUT2D eigenvalue weighted by Gasteiger charge is -2.36. The third-order valence-electron chi connectivity index (χ3n) is 6.63. The number of rotatable bonds is 3. The molecule has 1 atom stereocenters. The third kappa shape index (κ3) is 3.60. The van der Waals surface area contributed by atoms with E-state index in [0.717, 1.165) is 35.7 Å². The number of hydrogen-bond donors (Lipinski definition) is 2. The van der Waals surface area contributed by atoms with Gasteiger partial charge in [-0.05, 0) is 54.7 Å². The Kier molecular flexibility index (Phi) is 5.53. The predicted molar refractivity (Wildman–Crippen MR) is 128 cm³/mol. The van der Waals surface area contributed by atoms with Crippen LogP contribution in [0.5, 0.6) is 0 Å². The first kappa shape index (κ1) is 22.0. The number of halogens is 1. The molecule has 1 unspecified atom stereocenters. The fourth-order valence-electron chi connectivity index (χ4n) is 5.04. The van der Waals surface area contributed by atoms with Gasteiger partial charge in [0.1, 0.15) is 11.6 Å². The van der Waals surface area contributed by atoms with E-state index >= 15 is 4.39 Å². The van der Waals surface area contributed by atoms with Crippen molar-refractivity contribution < 1.29 is 19.1 Å². The number of benzene rings is 2. The number of anilines is 1. The summed E-state index contributed by atoms with van der Waals surface area (Å²) in [4.78, 5) is 31.6. The number of pyridine rings is 1. The number of aromatic nitrogens is 2. The van der Waals surface area contributed by atoms with Crippen LogP contribution < -0.4 is 5.73 Å². The van der Waals surface area contributed by atoms with Crippen LogP contribution in [0.25, 0.3) is 21.8 Å². The van der Waals surface area contributed by atoms with Gasteiger partial charge < -0.3 is 15.7 Å². The van der Waals surface area contributed by atoms with E-state index in [1.54, 1.807) is 15.7 Å². The summed E-state index contributed by atoms with van der Waals surface area (Å²) in [7, 11) is 0. The number of carbonyl (C=O) groups is 2. The fourth-order valence-corrected chi connectivity index (χ4v) is 5.04. The van der Waals surface area contributed by atoms with E-state index in [0.29, 0.717) is 23.0 Å². The molecule has 7 nitrogen and oxygen atoms in total. The first-order valence-corrected chi connectivity index (χ1v) is 11.3. The number of nitrogen functional groups attached to an aromatic ring is 1. The molecule has 8 heteroatoms. The highest BCUT2D eigenvalue weighted by molar-refractivity contribution is 6.00. The summed E-state index contributed by atoms with van der Waals surface area (Å²) in [6.45, 7) is 1.70. The summed E-state index contributed by atoms with van der Waals surface area (Å²) >= 11 is 0. The van der Waals surface area contributed by atoms with E-state index in [9.17, 15) is 14.7 Å². The molecule has 4 aromatic rings. The molecule has 3 N–H and O–H groups in total. The minimum Gasteiger partial charge on any atom is -0.392 e. The second-order valence-electron chi connectivity index (χ2n) is 8.71. The number of aliphatic hydroxyl groups is 1. The van der Waals surface area contributed by atoms with Crippen LogP contribution in [-0.2, 0) is 6.61 Å². The summed E-state index contributed by atoms with van der Waals surface area (Å²) in [5.74, 6) is -0.995. The molecule has 5 rings (SSSR count). The Morgan fingerprint density at radius 2 is 2.00 bits per heavy atom. The molecule has 1 saturated heterocycles. The Labute approximate surface area is 195 Å². The lowest BCUT2D eigenvalue weighted by atomic mass is 9.92. The fraction of sp³-hybridized carbons (Fsp3) is 0.269. The van der Waals surface area contributed by atoms with Crippen molar-refractivity contribution in [1.29, 1.82) is 0 Å². The summed E-state index contributed by atoms with van der Waals surface area (Å²) in [5, 5.41) is 11.1. The number of nitrogens with zero attached hydrogens (tertiary/aromatic N) is 3. The van der Waals surface area contributed by atoms with E-state index in [1.165, 1.54) is 25.1 Å². The highest BCUT2D eigenvalue weighted by Gasteiger charge is 2.31. The zero-order chi connectivity index (χ0) is 24.0. The average molecular weight is 461 g/mol. The SMILES string of the molecule is CC(=O)n1ccc2c(C3CCCCN3C(=O)c3cc4c(CO)cc(N)nc4cc3F)cccc21. The van der Waals surface area contributed by atoms with Crippen LogP contribution in [0, 0.1) is 5.82 Å². The van der Waals surface area contributed by atoms with Crippen molar-refractivity contribution in [2.24, 2.45) is 0 Å². The van der Waals surface area contributed by atoms with Crippen LogP contribution in [0.1, 0.15) is 58.5 Å². The Morgan fingerprint density at radius 1 is 1.18 bits per heavy atom. The number of nitrogens with two attached hydrogens (primary N) is 1. The monoisotopic (exact) mass is 460 g/mol. The summed E-state index contributed by atoms with van der Waals surface area (Å²) < 4.78 is 16.7. The molecule has 2 aromatic heterocycles. The number of amides is 1. The second kappa shape index (κ2) is 8.53. The van der Waals surface area contributed by atoms with Crippen LogP contribution in [0.3, 0.4) is 0 Å². The van der Waals surface area contributed by atoms with Gasteiger partial charge in [0.2, 0.25) is 5.91 Å². The van der Waals surface area contributed by atoms with Crippen LogP contribution in [0.15, 0.2) is 48.7 Å². The Bertz CT molecular complexity index is 1450. The first-order chi connectivity index (χ1) is 16.4. The molecule has 34 heavy (non-hydrogen) atoms. The molecular formula is C26H25FN4O3. The number of aliphatic hydroxyl groups excluding tert-OH is 1. The number of carbonyl (C=O) groups excluding carboxylic acids is 2. The number of hydrogen-bond acceptors (Lipinski definition) is 5. The topological polar surface area (TPSA) is 101 Å². The molecular weight excluding hydrogens is 435 g/mol. The maximum Gasteiger partial charge on any atom is 0.257 e. The van der Waals surface area contributed by atoms with Crippen molar-refractivity contribution in [3.8, 4) is 0 Å². The summed E-state index contributed by atoms with van der Waals surface area (Å²) in [5.41, 5.74) is 8.22. The highest BCUT2D eigenvalue weighted by Crippen LogP contribution is 2.37. The normalized spacial score (nSPS) is 16.3. The summed E-state index contributed by atoms with van der Waals surface area (Å²) in [6, 6.07) is 11.6. The van der Waals surface area contributed by atoms with Gasteiger partial charge in [-0.25, -0.2) is 9.37 Å². The Morgan fingerprint density at radius 3 is 2.76 bits per heavy atom. The van der Waals surface area contributed by atoms with E-state index < -0.39 is 11.7 Å². The van der Waals surface area contributed by atoms with Crippen LogP contribution >= 0.6 is 0 Å². The largest absolute Gasteiger partial charge is 0.392 e. The van der Waals surface area contributed by atoms with Gasteiger partial charge in [0.15, 0.2) is 0 Å². The quantitative estimate of drug-likeness (QED) is 0.471. The standard InChI is InChI=1S/C26H25FN4O3/c1-15(33)30-10-8-18-17(5-4-7-23(18)30)24-6-2-3-9-31(24)26(34)20-12-19-16(14-32)11-25(28)29-22(19)13-21(20)27/h4-5,7-8,10-13,24,32H,2-3,6,9,14H2,1H3,(H2,28,29). The van der Waals surface area contributed by atoms with Gasteiger partial charge in [-0.15, -0.1) is 0 Å². The van der Waals surface area contributed by atoms with Gasteiger partial charge in [0.05, 0.1) is 29.2 Å². The molecule has 0 aliphatic carbocycles. The average Bonchev–Trinajstić information content (AvgIpc) is 3.27. The van der Waals surface area contributed by atoms with Crippen molar-refractivity contribution in [2.45, 2.75) is 38.8 Å². The Hall–Kier alpha value is -3.78. The second-order valence-corrected chi connectivity index (χ2v) is 8.71. The van der Waals surface area contributed by atoms with E-state index in [2.05, 4.69) is 4.98 Å². The molecule has 1 aliphatic rings. The van der Waals surface area contributed by atoms with Gasteiger partial charge >= 0.3 is 0 Å². The molecule has 1 aliphatic heterocycles. The third-order valence-corrected chi connectivity index (χ3v) is 6.63. The lowest BCUT2D eigenvalue weighted by Crippen LogP contribution is -2.39. The van der Waals surface area contributed by atoms with E-state index in [-0.39, 0.29) is 29.9 Å². The molecule has 0 radical (unpaired) electrons. The van der Waals surface area contributed by atoms with Crippen LogP contribution in [0.2, 0.25) is 0 Å². The van der Waals surface area contributed by atoms with Crippen molar-refractivity contribution in [3.63, 3.8) is 0 Å². The minimum atomic E-state index is -0.676. The highest BCUT2D eigenvalue weighted by atomic mass is 19.1. The van der Waals surface area contributed by atoms with E-state index in [1.807, 2.05) is 24.3 Å². The zero-order valence-electron chi connectivity index (χ0n) is 18.8. The van der Waals surface area contributed by atoms with Crippen LogP contribution in [-0.4, -0.2) is 37.9 Å². The van der Waals surface area contributed by atoms with Crippen molar-refractivity contribution in [3.05, 3.63) is 71.2 Å². The van der Waals surface area contributed by atoms with E-state index in [4.69, 9.17) is 5.73 Å². The molecule has 1 amide bonds. The summed E-state index contributed by atoms with van der Waals surface area (Å²) in [6.07, 6.45) is 4.24. The molecule has 0 spiro atoms. The van der Waals surface area contributed by atoms with Crippen LogP contribution in [0.4, 0.5) is 10.2 Å². The molecule has 3 heterocycles.